The molecule has 0 aliphatic rings. The zero-order valence-corrected chi connectivity index (χ0v) is 11.8. The predicted octanol–water partition coefficient (Wildman–Crippen LogP) is 1.20. The van der Waals surface area contributed by atoms with Gasteiger partial charge >= 0.3 is 5.97 Å². The molecule has 116 valence electrons. The molecule has 0 aromatic heterocycles. The van der Waals surface area contributed by atoms with Crippen LogP contribution in [0.25, 0.3) is 0 Å². The minimum atomic E-state index is -1.27. The lowest BCUT2D eigenvalue weighted by molar-refractivity contribution is -0.145. The van der Waals surface area contributed by atoms with Crippen molar-refractivity contribution in [1.82, 2.24) is 5.32 Å². The number of hydrogen-bond donors (Lipinski definition) is 2. The molecule has 2 unspecified atom stereocenters. The summed E-state index contributed by atoms with van der Waals surface area (Å²) < 4.78 is 22.9. The van der Waals surface area contributed by atoms with Gasteiger partial charge in [-0.15, -0.1) is 0 Å². The fourth-order valence-corrected chi connectivity index (χ4v) is 1.62. The lowest BCUT2D eigenvalue weighted by Gasteiger charge is -2.18. The van der Waals surface area contributed by atoms with E-state index in [0.717, 1.165) is 12.1 Å². The number of benzene rings is 1. The van der Waals surface area contributed by atoms with Gasteiger partial charge in [0.2, 0.25) is 12.0 Å². The third-order valence-electron chi connectivity index (χ3n) is 2.78. The number of carbonyl (C=O) groups excluding carboxylic acids is 1. The van der Waals surface area contributed by atoms with E-state index in [4.69, 9.17) is 14.6 Å². The van der Waals surface area contributed by atoms with E-state index in [9.17, 15) is 14.0 Å². The molecule has 7 heteroatoms. The maximum Gasteiger partial charge on any atom is 0.346 e. The van der Waals surface area contributed by atoms with E-state index in [1.54, 1.807) is 6.92 Å². The van der Waals surface area contributed by atoms with Crippen LogP contribution in [-0.4, -0.2) is 42.8 Å². The summed E-state index contributed by atoms with van der Waals surface area (Å²) in [5.41, 5.74) is 0. The second-order valence-corrected chi connectivity index (χ2v) is 4.28. The van der Waals surface area contributed by atoms with Crippen LogP contribution in [0.1, 0.15) is 13.3 Å². The number of nitrogens with one attached hydrogen (secondary N) is 1. The van der Waals surface area contributed by atoms with Crippen molar-refractivity contribution in [2.24, 2.45) is 0 Å². The molecule has 0 radical (unpaired) electrons. The molecule has 0 saturated heterocycles. The highest BCUT2D eigenvalue weighted by Crippen LogP contribution is 2.13. The van der Waals surface area contributed by atoms with Gasteiger partial charge in [0.15, 0.2) is 0 Å². The van der Waals surface area contributed by atoms with Crippen molar-refractivity contribution in [1.29, 1.82) is 0 Å². The van der Waals surface area contributed by atoms with Gasteiger partial charge in [0.25, 0.3) is 0 Å². The van der Waals surface area contributed by atoms with Crippen molar-refractivity contribution in [2.75, 3.05) is 13.7 Å². The summed E-state index contributed by atoms with van der Waals surface area (Å²) in [6, 6.07) is 4.95. The van der Waals surface area contributed by atoms with Crippen molar-refractivity contribution >= 4 is 11.9 Å². The number of carboxylic acid groups (broad SMARTS) is 1. The molecule has 1 aromatic carbocycles. The van der Waals surface area contributed by atoms with Gasteiger partial charge in [0, 0.05) is 7.11 Å². The van der Waals surface area contributed by atoms with Crippen LogP contribution >= 0.6 is 0 Å². The molecule has 0 spiro atoms. The Balaban J connectivity index is 2.60. The monoisotopic (exact) mass is 299 g/mol. The molecule has 1 amide bonds. The second kappa shape index (κ2) is 8.21. The van der Waals surface area contributed by atoms with E-state index in [1.807, 2.05) is 0 Å². The minimum absolute atomic E-state index is 0.205. The average Bonchev–Trinajstić information content (AvgIpc) is 2.46. The number of halogens is 1. The lowest BCUT2D eigenvalue weighted by Crippen LogP contribution is -2.44. The second-order valence-electron chi connectivity index (χ2n) is 4.28. The van der Waals surface area contributed by atoms with Crippen molar-refractivity contribution in [3.05, 3.63) is 30.1 Å². The Bertz CT molecular complexity index is 473. The smallest absolute Gasteiger partial charge is 0.346 e. The van der Waals surface area contributed by atoms with Gasteiger partial charge in [-0.1, -0.05) is 6.92 Å². The highest BCUT2D eigenvalue weighted by Gasteiger charge is 2.22. The largest absolute Gasteiger partial charge is 0.478 e. The van der Waals surface area contributed by atoms with Gasteiger partial charge in [-0.05, 0) is 30.7 Å². The molecule has 0 bridgehead atoms. The van der Waals surface area contributed by atoms with Crippen molar-refractivity contribution in [3.63, 3.8) is 0 Å². The zero-order valence-electron chi connectivity index (χ0n) is 11.8. The zero-order chi connectivity index (χ0) is 15.8. The van der Waals surface area contributed by atoms with E-state index in [0.29, 0.717) is 6.42 Å². The molecule has 6 nitrogen and oxygen atoms in total. The normalized spacial score (nSPS) is 13.3. The molecule has 0 fully saturated rings. The molecule has 0 saturated carbocycles. The maximum absolute atomic E-state index is 12.8. The molecule has 2 atom stereocenters. The van der Waals surface area contributed by atoms with Gasteiger partial charge in [-0.3, -0.25) is 4.79 Å². The van der Waals surface area contributed by atoms with Crippen LogP contribution in [-0.2, 0) is 14.3 Å². The highest BCUT2D eigenvalue weighted by molar-refractivity contribution is 5.81. The minimum Gasteiger partial charge on any atom is -0.478 e. The summed E-state index contributed by atoms with van der Waals surface area (Å²) in [5, 5.41) is 11.5. The van der Waals surface area contributed by atoms with Crippen LogP contribution in [0.5, 0.6) is 5.75 Å². The molecular formula is C14H18FNO5. The molecule has 2 N–H and O–H groups in total. The highest BCUT2D eigenvalue weighted by atomic mass is 19.1. The van der Waals surface area contributed by atoms with Crippen LogP contribution in [0, 0.1) is 5.82 Å². The Labute approximate surface area is 121 Å². The number of methoxy groups -OCH3 is 1. The third-order valence-corrected chi connectivity index (χ3v) is 2.78. The Hall–Kier alpha value is -2.15. The molecule has 1 aromatic rings. The van der Waals surface area contributed by atoms with Crippen LogP contribution in [0.4, 0.5) is 4.39 Å². The summed E-state index contributed by atoms with van der Waals surface area (Å²) in [4.78, 5) is 22.8. The Morgan fingerprint density at radius 3 is 2.38 bits per heavy atom. The van der Waals surface area contributed by atoms with E-state index >= 15 is 0 Å². The summed E-state index contributed by atoms with van der Waals surface area (Å²) in [6.07, 6.45) is -1.43. The van der Waals surface area contributed by atoms with E-state index in [2.05, 4.69) is 5.32 Å². The van der Waals surface area contributed by atoms with Crippen molar-refractivity contribution in [3.8, 4) is 5.75 Å². The van der Waals surface area contributed by atoms with Crippen LogP contribution in [0.2, 0.25) is 0 Å². The SMILES string of the molecule is CCC(OC)C(=O)NCC(Oc1ccc(F)cc1)C(=O)O. The Morgan fingerprint density at radius 2 is 1.90 bits per heavy atom. The predicted molar refractivity (Wildman–Crippen MR) is 72.5 cm³/mol. The van der Waals surface area contributed by atoms with Gasteiger partial charge in [0.1, 0.15) is 17.7 Å². The molecule has 21 heavy (non-hydrogen) atoms. The first-order valence-corrected chi connectivity index (χ1v) is 6.43. The van der Waals surface area contributed by atoms with Crippen molar-refractivity contribution in [2.45, 2.75) is 25.6 Å². The fraction of sp³-hybridized carbons (Fsp3) is 0.429. The molecular weight excluding hydrogens is 281 g/mol. The number of hydrogen-bond acceptors (Lipinski definition) is 4. The summed E-state index contributed by atoms with van der Waals surface area (Å²) >= 11 is 0. The van der Waals surface area contributed by atoms with E-state index in [1.165, 1.54) is 19.2 Å². The van der Waals surface area contributed by atoms with Crippen molar-refractivity contribution < 1.29 is 28.6 Å². The fourth-order valence-electron chi connectivity index (χ4n) is 1.62. The lowest BCUT2D eigenvalue weighted by atomic mass is 10.2. The van der Waals surface area contributed by atoms with E-state index in [-0.39, 0.29) is 12.3 Å². The molecule has 0 heterocycles. The molecule has 1 rings (SSSR count). The summed E-state index contributed by atoms with van der Waals surface area (Å²) in [7, 11) is 1.40. The standard InChI is InChI=1S/C14H18FNO5/c1-3-11(20-2)13(17)16-8-12(14(18)19)21-10-6-4-9(15)5-7-10/h4-7,11-12H,3,8H2,1-2H3,(H,16,17)(H,18,19). The number of amides is 1. The third kappa shape index (κ3) is 5.39. The van der Waals surface area contributed by atoms with Gasteiger partial charge < -0.3 is 19.9 Å². The number of carbonyl (C=O) groups is 2. The Kier molecular flexibility index (Phi) is 6.61. The average molecular weight is 299 g/mol. The first-order chi connectivity index (χ1) is 9.97. The summed E-state index contributed by atoms with van der Waals surface area (Å²) in [5.74, 6) is -1.88. The number of rotatable bonds is 8. The van der Waals surface area contributed by atoms with Gasteiger partial charge in [0.05, 0.1) is 6.54 Å². The topological polar surface area (TPSA) is 84.9 Å². The Morgan fingerprint density at radius 1 is 1.29 bits per heavy atom. The van der Waals surface area contributed by atoms with Crippen LogP contribution < -0.4 is 10.1 Å². The first kappa shape index (κ1) is 16.9. The molecule has 0 aliphatic heterocycles. The number of carboxylic acids is 1. The summed E-state index contributed by atoms with van der Waals surface area (Å²) in [6.45, 7) is 1.56. The van der Waals surface area contributed by atoms with E-state index < -0.39 is 29.9 Å². The first-order valence-electron chi connectivity index (χ1n) is 6.43. The quantitative estimate of drug-likeness (QED) is 0.753. The number of aliphatic carboxylic acids is 1. The number of ether oxygens (including phenoxy) is 2. The van der Waals surface area contributed by atoms with Gasteiger partial charge in [-0.25, -0.2) is 9.18 Å². The molecule has 0 aliphatic carbocycles. The van der Waals surface area contributed by atoms with Crippen LogP contribution in [0.15, 0.2) is 24.3 Å². The van der Waals surface area contributed by atoms with Gasteiger partial charge in [-0.2, -0.15) is 0 Å². The maximum atomic E-state index is 12.8. The van der Waals surface area contributed by atoms with Crippen LogP contribution in [0.3, 0.4) is 0 Å².